The Hall–Kier alpha value is -2.50. The normalized spacial score (nSPS) is 10.9. The fourth-order valence-corrected chi connectivity index (χ4v) is 2.88. The second-order valence-corrected chi connectivity index (χ2v) is 6.28. The van der Waals surface area contributed by atoms with Gasteiger partial charge in [0.1, 0.15) is 23.0 Å². The maximum atomic E-state index is 12.7. The largest absolute Gasteiger partial charge is 0.496 e. The molecule has 7 nitrogen and oxygen atoms in total. The van der Waals surface area contributed by atoms with Gasteiger partial charge in [0.25, 0.3) is 0 Å². The van der Waals surface area contributed by atoms with Crippen LogP contribution in [-0.2, 0) is 13.1 Å². The molecule has 2 N–H and O–H groups in total. The highest BCUT2D eigenvalue weighted by Gasteiger charge is 2.14. The molecule has 0 aromatic heterocycles. The van der Waals surface area contributed by atoms with Crippen molar-refractivity contribution >= 4 is 29.9 Å². The number of aryl methyl sites for hydroxylation is 1. The lowest BCUT2D eigenvalue weighted by Gasteiger charge is -2.18. The van der Waals surface area contributed by atoms with E-state index in [1.807, 2.05) is 6.92 Å². The van der Waals surface area contributed by atoms with Crippen LogP contribution in [0.3, 0.4) is 0 Å². The molecule has 0 heterocycles. The first-order valence-corrected chi connectivity index (χ1v) is 9.19. The van der Waals surface area contributed by atoms with Crippen LogP contribution in [0.5, 0.6) is 23.0 Å². The zero-order chi connectivity index (χ0) is 22.1. The summed E-state index contributed by atoms with van der Waals surface area (Å²) in [5, 5.41) is 6.27. The summed E-state index contributed by atoms with van der Waals surface area (Å²) in [6.45, 7) is -0.408. The van der Waals surface area contributed by atoms with Gasteiger partial charge in [-0.25, -0.2) is 0 Å². The first-order valence-electron chi connectivity index (χ1n) is 9.19. The highest BCUT2D eigenvalue weighted by molar-refractivity contribution is 14.0. The van der Waals surface area contributed by atoms with Crippen LogP contribution in [-0.4, -0.2) is 40.9 Å². The third-order valence-electron chi connectivity index (χ3n) is 4.35. The van der Waals surface area contributed by atoms with Crippen molar-refractivity contribution in [3.63, 3.8) is 0 Å². The molecule has 2 rings (SSSR count). The summed E-state index contributed by atoms with van der Waals surface area (Å²) in [6, 6.07) is 8.55. The van der Waals surface area contributed by atoms with Crippen molar-refractivity contribution in [2.24, 2.45) is 4.99 Å². The Bertz CT molecular complexity index is 857. The highest BCUT2D eigenvalue weighted by atomic mass is 127. The van der Waals surface area contributed by atoms with Gasteiger partial charge in [0.15, 0.2) is 5.96 Å². The van der Waals surface area contributed by atoms with E-state index in [-0.39, 0.29) is 36.3 Å². The van der Waals surface area contributed by atoms with Crippen LogP contribution in [0, 0.1) is 6.92 Å². The molecule has 2 aromatic carbocycles. The Morgan fingerprint density at radius 2 is 1.55 bits per heavy atom. The van der Waals surface area contributed by atoms with Crippen molar-refractivity contribution in [1.82, 2.24) is 10.6 Å². The highest BCUT2D eigenvalue weighted by Crippen LogP contribution is 2.33. The van der Waals surface area contributed by atoms with Crippen LogP contribution in [0.2, 0.25) is 0 Å². The van der Waals surface area contributed by atoms with Gasteiger partial charge in [-0.05, 0) is 13.0 Å². The Labute approximate surface area is 198 Å². The van der Waals surface area contributed by atoms with Crippen LogP contribution < -0.4 is 29.6 Å². The van der Waals surface area contributed by atoms with Crippen LogP contribution in [0.25, 0.3) is 0 Å². The van der Waals surface area contributed by atoms with Gasteiger partial charge in [-0.3, -0.25) is 4.99 Å². The van der Waals surface area contributed by atoms with Gasteiger partial charge in [0, 0.05) is 31.3 Å². The number of methoxy groups -OCH3 is 3. The van der Waals surface area contributed by atoms with E-state index in [0.717, 1.165) is 11.1 Å². The summed E-state index contributed by atoms with van der Waals surface area (Å²) in [7, 11) is 6.31. The summed E-state index contributed by atoms with van der Waals surface area (Å²) in [6.07, 6.45) is 0. The molecule has 0 unspecified atom stereocenters. The molecule has 0 aliphatic carbocycles. The van der Waals surface area contributed by atoms with Crippen LogP contribution >= 0.6 is 24.0 Å². The summed E-state index contributed by atoms with van der Waals surface area (Å²) >= 11 is 0. The monoisotopic (exact) mass is 551 g/mol. The van der Waals surface area contributed by atoms with E-state index in [4.69, 9.17) is 14.2 Å². The molecule has 0 aliphatic heterocycles. The first-order chi connectivity index (χ1) is 14.4. The number of nitrogens with zero attached hydrogens (tertiary/aromatic N) is 1. The van der Waals surface area contributed by atoms with Crippen molar-refractivity contribution in [2.45, 2.75) is 26.6 Å². The Balaban J connectivity index is 0.00000480. The molecule has 0 amide bonds. The van der Waals surface area contributed by atoms with Crippen molar-refractivity contribution in [3.8, 4) is 23.0 Å². The molecule has 2 aromatic rings. The third-order valence-corrected chi connectivity index (χ3v) is 4.35. The second-order valence-electron chi connectivity index (χ2n) is 6.28. The predicted molar refractivity (Wildman–Crippen MR) is 126 cm³/mol. The molecule has 0 bridgehead atoms. The van der Waals surface area contributed by atoms with Crippen LogP contribution in [0.4, 0.5) is 8.78 Å². The van der Waals surface area contributed by atoms with E-state index in [1.165, 1.54) is 6.07 Å². The Morgan fingerprint density at radius 3 is 2.06 bits per heavy atom. The van der Waals surface area contributed by atoms with E-state index >= 15 is 0 Å². The minimum Gasteiger partial charge on any atom is -0.496 e. The minimum absolute atomic E-state index is 0. The van der Waals surface area contributed by atoms with E-state index in [1.54, 1.807) is 52.6 Å². The molecule has 0 spiro atoms. The number of guanidine groups is 1. The number of aliphatic imine (C=N–C) groups is 1. The molecule has 0 saturated carbocycles. The van der Waals surface area contributed by atoms with Gasteiger partial charge in [-0.1, -0.05) is 17.7 Å². The standard InChI is InChI=1S/C21H27F2N3O4.HI/c1-13-6-7-17(30-20(22)23)14(8-13)11-25-21(24-2)26-12-16-18(28-4)9-15(27-3)10-19(16)29-5;/h6-10,20H,11-12H2,1-5H3,(H2,24,25,26);1H. The average Bonchev–Trinajstić information content (AvgIpc) is 2.74. The SMILES string of the molecule is CN=C(NCc1cc(C)ccc1OC(F)F)NCc1c(OC)cc(OC)cc1OC.I. The smallest absolute Gasteiger partial charge is 0.387 e. The minimum atomic E-state index is -2.89. The number of nitrogens with one attached hydrogen (secondary N) is 2. The average molecular weight is 551 g/mol. The second kappa shape index (κ2) is 13.0. The van der Waals surface area contributed by atoms with Crippen molar-refractivity contribution in [3.05, 3.63) is 47.0 Å². The third kappa shape index (κ3) is 7.60. The van der Waals surface area contributed by atoms with Gasteiger partial charge >= 0.3 is 6.61 Å². The number of alkyl halides is 2. The van der Waals surface area contributed by atoms with Gasteiger partial charge in [-0.2, -0.15) is 8.78 Å². The van der Waals surface area contributed by atoms with Gasteiger partial charge in [0.05, 0.1) is 33.4 Å². The molecule has 31 heavy (non-hydrogen) atoms. The molecule has 0 aliphatic rings. The Kier molecular flexibility index (Phi) is 11.2. The molecular formula is C21H28F2IN3O4. The summed E-state index contributed by atoms with van der Waals surface area (Å²) in [5.41, 5.74) is 2.31. The topological polar surface area (TPSA) is 73.3 Å². The lowest BCUT2D eigenvalue weighted by molar-refractivity contribution is -0.0504. The Morgan fingerprint density at radius 1 is 0.935 bits per heavy atom. The lowest BCUT2D eigenvalue weighted by atomic mass is 10.1. The number of hydrogen-bond acceptors (Lipinski definition) is 5. The predicted octanol–water partition coefficient (Wildman–Crippen LogP) is 4.11. The molecule has 0 radical (unpaired) electrons. The lowest BCUT2D eigenvalue weighted by Crippen LogP contribution is -2.36. The van der Waals surface area contributed by atoms with E-state index in [2.05, 4.69) is 20.4 Å². The first kappa shape index (κ1) is 26.5. The van der Waals surface area contributed by atoms with Gasteiger partial charge < -0.3 is 29.6 Å². The van der Waals surface area contributed by atoms with Crippen molar-refractivity contribution < 1.29 is 27.7 Å². The van der Waals surface area contributed by atoms with Crippen LogP contribution in [0.1, 0.15) is 16.7 Å². The van der Waals surface area contributed by atoms with Crippen molar-refractivity contribution in [1.29, 1.82) is 0 Å². The van der Waals surface area contributed by atoms with Crippen molar-refractivity contribution in [2.75, 3.05) is 28.4 Å². The number of rotatable bonds is 9. The zero-order valence-corrected chi connectivity index (χ0v) is 20.5. The fourth-order valence-electron chi connectivity index (χ4n) is 2.88. The van der Waals surface area contributed by atoms with E-state index in [0.29, 0.717) is 35.3 Å². The molecule has 0 saturated heterocycles. The number of benzene rings is 2. The molecule has 10 heteroatoms. The summed E-state index contributed by atoms with van der Waals surface area (Å²) in [4.78, 5) is 4.18. The van der Waals surface area contributed by atoms with Crippen LogP contribution in [0.15, 0.2) is 35.3 Å². The molecule has 0 atom stereocenters. The summed E-state index contributed by atoms with van der Waals surface area (Å²) in [5.74, 6) is 2.40. The number of halogens is 3. The maximum Gasteiger partial charge on any atom is 0.387 e. The molecule has 172 valence electrons. The quantitative estimate of drug-likeness (QED) is 0.278. The van der Waals surface area contributed by atoms with Gasteiger partial charge in [0.2, 0.25) is 0 Å². The fraction of sp³-hybridized carbons (Fsp3) is 0.381. The molecule has 0 fully saturated rings. The summed E-state index contributed by atoms with van der Waals surface area (Å²) < 4.78 is 46.1. The number of hydrogen-bond donors (Lipinski definition) is 2. The molecular weight excluding hydrogens is 523 g/mol. The van der Waals surface area contributed by atoms with E-state index < -0.39 is 6.61 Å². The van der Waals surface area contributed by atoms with Gasteiger partial charge in [-0.15, -0.1) is 24.0 Å². The zero-order valence-electron chi connectivity index (χ0n) is 18.1. The number of ether oxygens (including phenoxy) is 4. The maximum absolute atomic E-state index is 12.7. The van der Waals surface area contributed by atoms with E-state index in [9.17, 15) is 8.78 Å².